The van der Waals surface area contributed by atoms with Crippen LogP contribution in [-0.4, -0.2) is 12.6 Å². The van der Waals surface area contributed by atoms with Gasteiger partial charge in [0.1, 0.15) is 6.61 Å². The van der Waals surface area contributed by atoms with E-state index in [0.717, 1.165) is 12.0 Å². The van der Waals surface area contributed by atoms with Gasteiger partial charge in [-0.1, -0.05) is 39.0 Å². The van der Waals surface area contributed by atoms with Crippen molar-refractivity contribution in [3.63, 3.8) is 0 Å². The van der Waals surface area contributed by atoms with E-state index in [0.29, 0.717) is 0 Å². The topological polar surface area (TPSA) is 26.3 Å². The molecule has 0 atom stereocenters. The predicted molar refractivity (Wildman–Crippen MR) is 59.0 cm³/mol. The SMILES string of the molecule is C=CCOC(=O)/C=C(\C)C(C)(C)CC. The molecule has 0 unspecified atom stereocenters. The summed E-state index contributed by atoms with van der Waals surface area (Å²) in [5.41, 5.74) is 1.11. The third kappa shape index (κ3) is 4.26. The van der Waals surface area contributed by atoms with Gasteiger partial charge in [-0.2, -0.15) is 0 Å². The Morgan fingerprint density at radius 3 is 2.50 bits per heavy atom. The molecule has 0 radical (unpaired) electrons. The molecule has 0 aromatic heterocycles. The van der Waals surface area contributed by atoms with Gasteiger partial charge in [-0.3, -0.25) is 0 Å². The van der Waals surface area contributed by atoms with Crippen LogP contribution in [0.1, 0.15) is 34.1 Å². The maximum atomic E-state index is 11.2. The molecule has 0 fully saturated rings. The second kappa shape index (κ2) is 5.63. The van der Waals surface area contributed by atoms with Crippen molar-refractivity contribution in [1.82, 2.24) is 0 Å². The summed E-state index contributed by atoms with van der Waals surface area (Å²) in [6.07, 6.45) is 4.13. The fraction of sp³-hybridized carbons (Fsp3) is 0.583. The van der Waals surface area contributed by atoms with E-state index < -0.39 is 0 Å². The van der Waals surface area contributed by atoms with Crippen molar-refractivity contribution >= 4 is 5.97 Å². The van der Waals surface area contributed by atoms with E-state index in [9.17, 15) is 4.79 Å². The summed E-state index contributed by atoms with van der Waals surface area (Å²) in [5, 5.41) is 0. The lowest BCUT2D eigenvalue weighted by molar-refractivity contribution is -0.136. The first-order valence-corrected chi connectivity index (χ1v) is 4.90. The van der Waals surface area contributed by atoms with Gasteiger partial charge in [-0.05, 0) is 18.8 Å². The molecule has 0 N–H and O–H groups in total. The second-order valence-electron chi connectivity index (χ2n) is 3.98. The molecular weight excluding hydrogens is 176 g/mol. The van der Waals surface area contributed by atoms with Gasteiger partial charge in [-0.15, -0.1) is 0 Å². The highest BCUT2D eigenvalue weighted by Crippen LogP contribution is 2.29. The molecule has 0 amide bonds. The third-order valence-corrected chi connectivity index (χ3v) is 2.63. The molecule has 0 aliphatic carbocycles. The Labute approximate surface area is 86.6 Å². The van der Waals surface area contributed by atoms with E-state index in [1.807, 2.05) is 6.92 Å². The first kappa shape index (κ1) is 12.9. The van der Waals surface area contributed by atoms with Crippen molar-refractivity contribution in [1.29, 1.82) is 0 Å². The number of allylic oxidation sites excluding steroid dienone is 1. The van der Waals surface area contributed by atoms with Crippen molar-refractivity contribution < 1.29 is 9.53 Å². The van der Waals surface area contributed by atoms with Crippen LogP contribution in [0.4, 0.5) is 0 Å². The molecule has 0 bridgehead atoms. The van der Waals surface area contributed by atoms with E-state index >= 15 is 0 Å². The highest BCUT2D eigenvalue weighted by molar-refractivity contribution is 5.83. The highest BCUT2D eigenvalue weighted by Gasteiger charge is 2.18. The first-order chi connectivity index (χ1) is 6.44. The van der Waals surface area contributed by atoms with Crippen LogP contribution in [0.3, 0.4) is 0 Å². The van der Waals surface area contributed by atoms with Crippen molar-refractivity contribution in [3.05, 3.63) is 24.3 Å². The largest absolute Gasteiger partial charge is 0.458 e. The van der Waals surface area contributed by atoms with Crippen LogP contribution in [-0.2, 0) is 9.53 Å². The summed E-state index contributed by atoms with van der Waals surface area (Å²) in [7, 11) is 0. The fourth-order valence-electron chi connectivity index (χ4n) is 0.834. The minimum atomic E-state index is -0.288. The Morgan fingerprint density at radius 1 is 1.50 bits per heavy atom. The number of hydrogen-bond donors (Lipinski definition) is 0. The zero-order valence-electron chi connectivity index (χ0n) is 9.59. The van der Waals surface area contributed by atoms with E-state index in [1.165, 1.54) is 0 Å². The Hall–Kier alpha value is -1.05. The van der Waals surface area contributed by atoms with E-state index in [-0.39, 0.29) is 18.0 Å². The molecule has 80 valence electrons. The zero-order chi connectivity index (χ0) is 11.2. The number of carbonyl (C=O) groups excluding carboxylic acids is 1. The van der Waals surface area contributed by atoms with Crippen LogP contribution in [0.5, 0.6) is 0 Å². The highest BCUT2D eigenvalue weighted by atomic mass is 16.5. The van der Waals surface area contributed by atoms with Crippen molar-refractivity contribution in [3.8, 4) is 0 Å². The maximum Gasteiger partial charge on any atom is 0.331 e. The number of esters is 1. The van der Waals surface area contributed by atoms with Crippen LogP contribution in [0.15, 0.2) is 24.3 Å². The van der Waals surface area contributed by atoms with Crippen LogP contribution in [0.2, 0.25) is 0 Å². The average Bonchev–Trinajstić information content (AvgIpc) is 2.14. The lowest BCUT2D eigenvalue weighted by atomic mass is 9.82. The summed E-state index contributed by atoms with van der Waals surface area (Å²) in [6.45, 7) is 12.0. The number of carbonyl (C=O) groups is 1. The van der Waals surface area contributed by atoms with Crippen LogP contribution in [0, 0.1) is 5.41 Å². The lowest BCUT2D eigenvalue weighted by Gasteiger charge is -2.23. The Kier molecular flexibility index (Phi) is 5.21. The molecule has 2 heteroatoms. The molecule has 0 saturated carbocycles. The minimum Gasteiger partial charge on any atom is -0.458 e. The van der Waals surface area contributed by atoms with Gasteiger partial charge in [0.2, 0.25) is 0 Å². The normalized spacial score (nSPS) is 12.4. The molecular formula is C12H20O2. The van der Waals surface area contributed by atoms with Crippen molar-refractivity contribution in [2.75, 3.05) is 6.61 Å². The summed E-state index contributed by atoms with van der Waals surface area (Å²) < 4.78 is 4.87. The van der Waals surface area contributed by atoms with Crippen LogP contribution < -0.4 is 0 Å². The van der Waals surface area contributed by atoms with Gasteiger partial charge < -0.3 is 4.74 Å². The maximum absolute atomic E-state index is 11.2. The van der Waals surface area contributed by atoms with Gasteiger partial charge >= 0.3 is 5.97 Å². The molecule has 0 aliphatic heterocycles. The summed E-state index contributed by atoms with van der Waals surface area (Å²) >= 11 is 0. The average molecular weight is 196 g/mol. The van der Waals surface area contributed by atoms with Gasteiger partial charge in [-0.25, -0.2) is 4.79 Å². The number of ether oxygens (including phenoxy) is 1. The molecule has 14 heavy (non-hydrogen) atoms. The van der Waals surface area contributed by atoms with Crippen LogP contribution >= 0.6 is 0 Å². The number of rotatable bonds is 5. The Morgan fingerprint density at radius 2 is 2.07 bits per heavy atom. The van der Waals surface area contributed by atoms with E-state index in [2.05, 4.69) is 27.4 Å². The summed E-state index contributed by atoms with van der Waals surface area (Å²) in [6, 6.07) is 0. The lowest BCUT2D eigenvalue weighted by Crippen LogP contribution is -2.13. The fourth-order valence-corrected chi connectivity index (χ4v) is 0.834. The second-order valence-corrected chi connectivity index (χ2v) is 3.98. The smallest absolute Gasteiger partial charge is 0.331 e. The predicted octanol–water partition coefficient (Wildman–Crippen LogP) is 3.10. The van der Waals surface area contributed by atoms with Gasteiger partial charge in [0.25, 0.3) is 0 Å². The molecule has 0 rings (SSSR count). The van der Waals surface area contributed by atoms with E-state index in [1.54, 1.807) is 12.2 Å². The molecule has 0 spiro atoms. The van der Waals surface area contributed by atoms with Gasteiger partial charge in [0, 0.05) is 6.08 Å². The monoisotopic (exact) mass is 196 g/mol. The Bertz CT molecular complexity index is 237. The Balaban J connectivity index is 4.36. The quantitative estimate of drug-likeness (QED) is 0.383. The van der Waals surface area contributed by atoms with Gasteiger partial charge in [0.05, 0.1) is 0 Å². The molecule has 0 aromatic rings. The summed E-state index contributed by atoms with van der Waals surface area (Å²) in [4.78, 5) is 11.2. The molecule has 0 aromatic carbocycles. The van der Waals surface area contributed by atoms with Crippen molar-refractivity contribution in [2.45, 2.75) is 34.1 Å². The molecule has 0 heterocycles. The zero-order valence-corrected chi connectivity index (χ0v) is 9.59. The number of hydrogen-bond acceptors (Lipinski definition) is 2. The van der Waals surface area contributed by atoms with E-state index in [4.69, 9.17) is 4.74 Å². The standard InChI is InChI=1S/C12H20O2/c1-6-8-14-11(13)9-10(3)12(4,5)7-2/h6,9H,1,7-8H2,2-5H3/b10-9+. The van der Waals surface area contributed by atoms with Crippen LogP contribution in [0.25, 0.3) is 0 Å². The molecule has 0 saturated heterocycles. The summed E-state index contributed by atoms with van der Waals surface area (Å²) in [5.74, 6) is -0.288. The van der Waals surface area contributed by atoms with Gasteiger partial charge in [0.15, 0.2) is 0 Å². The molecule has 0 aliphatic rings. The first-order valence-electron chi connectivity index (χ1n) is 4.90. The van der Waals surface area contributed by atoms with Crippen molar-refractivity contribution in [2.24, 2.45) is 5.41 Å². The molecule has 2 nitrogen and oxygen atoms in total. The minimum absolute atomic E-state index is 0.0627. The third-order valence-electron chi connectivity index (χ3n) is 2.63.